The van der Waals surface area contributed by atoms with E-state index in [1.165, 1.54) is 28.9 Å². The van der Waals surface area contributed by atoms with Crippen molar-refractivity contribution in [1.82, 2.24) is 5.32 Å². The summed E-state index contributed by atoms with van der Waals surface area (Å²) in [5.74, 6) is 1.15. The van der Waals surface area contributed by atoms with Gasteiger partial charge in [-0.2, -0.15) is 0 Å². The van der Waals surface area contributed by atoms with E-state index in [9.17, 15) is 0 Å². The maximum atomic E-state index is 3.60. The van der Waals surface area contributed by atoms with Gasteiger partial charge in [0.25, 0.3) is 0 Å². The van der Waals surface area contributed by atoms with Crippen molar-refractivity contribution in [3.63, 3.8) is 0 Å². The fourth-order valence-corrected chi connectivity index (χ4v) is 2.87. The predicted molar refractivity (Wildman–Crippen MR) is 79.0 cm³/mol. The molecule has 0 aliphatic carbocycles. The number of hydrogen-bond acceptors (Lipinski definition) is 2. The Bertz CT molecular complexity index is 332. The van der Waals surface area contributed by atoms with Crippen molar-refractivity contribution in [2.45, 2.75) is 51.5 Å². The van der Waals surface area contributed by atoms with E-state index in [-0.39, 0.29) is 0 Å². The van der Waals surface area contributed by atoms with Crippen LogP contribution in [0.3, 0.4) is 0 Å². The normalized spacial score (nSPS) is 11.1. The van der Waals surface area contributed by atoms with E-state index in [2.05, 4.69) is 51.2 Å². The average molecular weight is 251 g/mol. The Labute approximate surface area is 110 Å². The second-order valence-corrected chi connectivity index (χ2v) is 5.72. The fourth-order valence-electron chi connectivity index (χ4n) is 1.86. The lowest BCUT2D eigenvalue weighted by Crippen LogP contribution is -2.29. The monoisotopic (exact) mass is 251 g/mol. The minimum absolute atomic E-state index is 0.689. The highest BCUT2D eigenvalue weighted by molar-refractivity contribution is 7.99. The molecule has 0 saturated heterocycles. The van der Waals surface area contributed by atoms with Gasteiger partial charge in [0.15, 0.2) is 0 Å². The van der Waals surface area contributed by atoms with E-state index in [1.807, 2.05) is 11.8 Å². The summed E-state index contributed by atoms with van der Waals surface area (Å²) >= 11 is 1.96. The first-order valence-electron chi connectivity index (χ1n) is 6.60. The molecule has 0 amide bonds. The van der Waals surface area contributed by atoms with Crippen molar-refractivity contribution in [1.29, 1.82) is 0 Å². The van der Waals surface area contributed by atoms with E-state index in [4.69, 9.17) is 0 Å². The van der Waals surface area contributed by atoms with Crippen molar-refractivity contribution >= 4 is 11.8 Å². The van der Waals surface area contributed by atoms with Crippen LogP contribution in [-0.2, 0) is 0 Å². The quantitative estimate of drug-likeness (QED) is 0.576. The number of nitrogens with one attached hydrogen (secondary N) is 1. The summed E-state index contributed by atoms with van der Waals surface area (Å²) in [7, 11) is 0. The molecule has 0 heterocycles. The molecule has 0 unspecified atom stereocenters. The summed E-state index contributed by atoms with van der Waals surface area (Å²) in [5.41, 5.74) is 2.74. The number of rotatable bonds is 7. The first-order chi connectivity index (χ1) is 8.17. The number of aryl methyl sites for hydroxylation is 2. The molecule has 1 aromatic rings. The molecule has 0 spiro atoms. The minimum Gasteiger partial charge on any atom is -0.313 e. The van der Waals surface area contributed by atoms with Gasteiger partial charge in [-0.15, -0.1) is 11.8 Å². The van der Waals surface area contributed by atoms with E-state index in [0.717, 1.165) is 12.3 Å². The van der Waals surface area contributed by atoms with Gasteiger partial charge in [-0.3, -0.25) is 0 Å². The van der Waals surface area contributed by atoms with Crippen molar-refractivity contribution in [2.24, 2.45) is 0 Å². The second-order valence-electron chi connectivity index (χ2n) is 4.58. The molecule has 0 atom stereocenters. The van der Waals surface area contributed by atoms with Crippen molar-refractivity contribution in [2.75, 3.05) is 12.3 Å². The van der Waals surface area contributed by atoms with Crippen LogP contribution in [0.4, 0.5) is 0 Å². The van der Waals surface area contributed by atoms with Gasteiger partial charge >= 0.3 is 0 Å². The van der Waals surface area contributed by atoms with Gasteiger partial charge < -0.3 is 5.32 Å². The molecule has 2 heteroatoms. The molecule has 1 aromatic carbocycles. The molecule has 0 fully saturated rings. The van der Waals surface area contributed by atoms with Gasteiger partial charge in [0, 0.05) is 23.2 Å². The maximum absolute atomic E-state index is 3.60. The molecule has 1 rings (SSSR count). The van der Waals surface area contributed by atoms with Crippen LogP contribution in [0.5, 0.6) is 0 Å². The van der Waals surface area contributed by atoms with Crippen LogP contribution in [-0.4, -0.2) is 18.3 Å². The van der Waals surface area contributed by atoms with E-state index >= 15 is 0 Å². The molecule has 1 nitrogen and oxygen atoms in total. The van der Waals surface area contributed by atoms with Crippen LogP contribution in [0.25, 0.3) is 0 Å². The van der Waals surface area contributed by atoms with Crippen LogP contribution in [0, 0.1) is 13.8 Å². The molecule has 96 valence electrons. The average Bonchev–Trinajstić information content (AvgIpc) is 2.33. The molecular weight excluding hydrogens is 226 g/mol. The molecule has 0 radical (unpaired) electrons. The summed E-state index contributed by atoms with van der Waals surface area (Å²) in [6, 6.07) is 7.37. The van der Waals surface area contributed by atoms with Crippen molar-refractivity contribution < 1.29 is 0 Å². The van der Waals surface area contributed by atoms with Crippen molar-refractivity contribution in [3.05, 3.63) is 29.3 Å². The Morgan fingerprint density at radius 3 is 2.53 bits per heavy atom. The summed E-state index contributed by atoms with van der Waals surface area (Å²) in [6.07, 6.45) is 2.45. The molecule has 17 heavy (non-hydrogen) atoms. The van der Waals surface area contributed by atoms with Crippen LogP contribution in [0.2, 0.25) is 0 Å². The van der Waals surface area contributed by atoms with Crippen LogP contribution in [0.1, 0.15) is 37.8 Å². The lowest BCUT2D eigenvalue weighted by atomic mass is 10.2. The van der Waals surface area contributed by atoms with E-state index in [1.54, 1.807) is 0 Å². The smallest absolute Gasteiger partial charge is 0.0106 e. The molecule has 0 bridgehead atoms. The largest absolute Gasteiger partial charge is 0.313 e. The molecule has 0 aliphatic heterocycles. The Balaban J connectivity index is 2.33. The first kappa shape index (κ1) is 14.6. The molecule has 0 aliphatic rings. The van der Waals surface area contributed by atoms with Gasteiger partial charge in [-0.25, -0.2) is 0 Å². The van der Waals surface area contributed by atoms with Crippen LogP contribution in [0.15, 0.2) is 23.1 Å². The fraction of sp³-hybridized carbons (Fsp3) is 0.600. The lowest BCUT2D eigenvalue weighted by Gasteiger charge is -2.14. The van der Waals surface area contributed by atoms with Gasteiger partial charge in [0.05, 0.1) is 0 Å². The Morgan fingerprint density at radius 2 is 1.88 bits per heavy atom. The lowest BCUT2D eigenvalue weighted by molar-refractivity contribution is 0.501. The van der Waals surface area contributed by atoms with Crippen LogP contribution < -0.4 is 5.32 Å². The molecule has 1 N–H and O–H groups in total. The highest BCUT2D eigenvalue weighted by Crippen LogP contribution is 2.22. The third-order valence-electron chi connectivity index (χ3n) is 3.12. The summed E-state index contributed by atoms with van der Waals surface area (Å²) in [4.78, 5) is 1.43. The molecule has 0 saturated carbocycles. The van der Waals surface area contributed by atoms with Gasteiger partial charge in [-0.05, 0) is 38.3 Å². The highest BCUT2D eigenvalue weighted by atomic mass is 32.2. The summed E-state index contributed by atoms with van der Waals surface area (Å²) < 4.78 is 0. The summed E-state index contributed by atoms with van der Waals surface area (Å²) in [5, 5.41) is 3.60. The number of thioether (sulfide) groups is 1. The van der Waals surface area contributed by atoms with Gasteiger partial charge in [-0.1, -0.05) is 31.5 Å². The molecular formula is C15H25NS. The molecule has 0 aromatic heterocycles. The topological polar surface area (TPSA) is 12.0 Å². The zero-order chi connectivity index (χ0) is 12.7. The third kappa shape index (κ3) is 5.13. The Kier molecular flexibility index (Phi) is 6.68. The Morgan fingerprint density at radius 1 is 1.18 bits per heavy atom. The van der Waals surface area contributed by atoms with Gasteiger partial charge in [0.1, 0.15) is 0 Å². The zero-order valence-corrected chi connectivity index (χ0v) is 12.4. The Hall–Kier alpha value is -0.470. The zero-order valence-electron chi connectivity index (χ0n) is 11.5. The summed E-state index contributed by atoms with van der Waals surface area (Å²) in [6.45, 7) is 9.95. The number of hydrogen-bond donors (Lipinski definition) is 1. The predicted octanol–water partition coefficient (Wildman–Crippen LogP) is 4.17. The van der Waals surface area contributed by atoms with E-state index in [0.29, 0.717) is 6.04 Å². The standard InChI is InChI=1S/C15H25NS/c1-5-14(6-2)16-9-10-17-15-11-12(3)7-8-13(15)4/h7-8,11,14,16H,5-6,9-10H2,1-4H3. The van der Waals surface area contributed by atoms with Crippen LogP contribution >= 0.6 is 11.8 Å². The SMILES string of the molecule is CCC(CC)NCCSc1cc(C)ccc1C. The van der Waals surface area contributed by atoms with E-state index < -0.39 is 0 Å². The van der Waals surface area contributed by atoms with Crippen molar-refractivity contribution in [3.8, 4) is 0 Å². The van der Waals surface area contributed by atoms with Gasteiger partial charge in [0.2, 0.25) is 0 Å². The second kappa shape index (κ2) is 7.78. The number of benzene rings is 1. The highest BCUT2D eigenvalue weighted by Gasteiger charge is 2.02. The maximum Gasteiger partial charge on any atom is 0.0106 e. The third-order valence-corrected chi connectivity index (χ3v) is 4.28. The first-order valence-corrected chi connectivity index (χ1v) is 7.59. The minimum atomic E-state index is 0.689.